The third-order valence-electron chi connectivity index (χ3n) is 3.99. The Morgan fingerprint density at radius 2 is 1.79 bits per heavy atom. The van der Waals surface area contributed by atoms with Crippen molar-refractivity contribution in [1.82, 2.24) is 0 Å². The molecular weight excluding hydrogens is 318 g/mol. The number of hydrogen-bond donors (Lipinski definition) is 1. The van der Waals surface area contributed by atoms with Gasteiger partial charge in [0.15, 0.2) is 0 Å². The molecule has 0 atom stereocenters. The minimum atomic E-state index is 0.629. The van der Waals surface area contributed by atoms with Crippen LogP contribution in [0.3, 0.4) is 0 Å². The molecule has 0 saturated heterocycles. The van der Waals surface area contributed by atoms with E-state index in [1.807, 2.05) is 24.3 Å². The van der Waals surface area contributed by atoms with Gasteiger partial charge in [-0.15, -0.1) is 11.6 Å². The number of ether oxygens (including phenoxy) is 1. The molecule has 0 aliphatic rings. The summed E-state index contributed by atoms with van der Waals surface area (Å²) in [5, 5.41) is 5.98. The molecule has 0 amide bonds. The van der Waals surface area contributed by atoms with Crippen LogP contribution in [0.25, 0.3) is 10.8 Å². The fraction of sp³-hybridized carbons (Fsp3) is 0.238. The number of fused-ring (bicyclic) bond motifs is 1. The van der Waals surface area contributed by atoms with Crippen molar-refractivity contribution in [3.8, 4) is 5.75 Å². The first-order chi connectivity index (χ1) is 11.9. The van der Waals surface area contributed by atoms with Gasteiger partial charge >= 0.3 is 0 Å². The van der Waals surface area contributed by atoms with Crippen LogP contribution in [0.5, 0.6) is 5.75 Å². The largest absolute Gasteiger partial charge is 0.494 e. The van der Waals surface area contributed by atoms with E-state index in [4.69, 9.17) is 16.3 Å². The van der Waals surface area contributed by atoms with Gasteiger partial charge in [0.1, 0.15) is 5.75 Å². The molecule has 0 radical (unpaired) electrons. The maximum Gasteiger partial charge on any atom is 0.119 e. The molecule has 1 N–H and O–H groups in total. The molecule has 0 aliphatic heterocycles. The van der Waals surface area contributed by atoms with Gasteiger partial charge in [-0.3, -0.25) is 0 Å². The Balaban J connectivity index is 1.70. The number of nitrogens with one attached hydrogen (secondary N) is 1. The molecule has 3 rings (SSSR count). The van der Waals surface area contributed by atoms with Crippen LogP contribution in [0.2, 0.25) is 0 Å². The second-order valence-electron chi connectivity index (χ2n) is 5.73. The quantitative estimate of drug-likeness (QED) is 0.432. The molecule has 24 heavy (non-hydrogen) atoms. The highest BCUT2D eigenvalue weighted by Gasteiger charge is 2.03. The highest BCUT2D eigenvalue weighted by Crippen LogP contribution is 2.25. The maximum atomic E-state index is 5.78. The van der Waals surface area contributed by atoms with Gasteiger partial charge in [-0.2, -0.15) is 0 Å². The molecule has 0 spiro atoms. The molecular formula is C21H22ClNO. The molecule has 124 valence electrons. The van der Waals surface area contributed by atoms with E-state index in [9.17, 15) is 0 Å². The van der Waals surface area contributed by atoms with Crippen molar-refractivity contribution in [1.29, 1.82) is 0 Å². The summed E-state index contributed by atoms with van der Waals surface area (Å²) in [7, 11) is 0. The summed E-state index contributed by atoms with van der Waals surface area (Å²) < 4.78 is 5.78. The molecule has 0 fully saturated rings. The van der Waals surface area contributed by atoms with E-state index in [1.165, 1.54) is 16.3 Å². The minimum Gasteiger partial charge on any atom is -0.494 e. The van der Waals surface area contributed by atoms with Gasteiger partial charge in [-0.1, -0.05) is 42.5 Å². The SMILES string of the molecule is ClCCCOc1ccc2cccc(CCNc3ccccc3)c2c1. The van der Waals surface area contributed by atoms with Crippen LogP contribution in [-0.4, -0.2) is 19.0 Å². The summed E-state index contributed by atoms with van der Waals surface area (Å²) >= 11 is 5.71. The van der Waals surface area contributed by atoms with Crippen molar-refractivity contribution in [3.63, 3.8) is 0 Å². The summed E-state index contributed by atoms with van der Waals surface area (Å²) in [5.74, 6) is 1.54. The lowest BCUT2D eigenvalue weighted by Gasteiger charge is -2.11. The topological polar surface area (TPSA) is 21.3 Å². The zero-order chi connectivity index (χ0) is 16.6. The van der Waals surface area contributed by atoms with Crippen LogP contribution >= 0.6 is 11.6 Å². The normalized spacial score (nSPS) is 10.7. The Morgan fingerprint density at radius 1 is 0.917 bits per heavy atom. The van der Waals surface area contributed by atoms with E-state index < -0.39 is 0 Å². The summed E-state index contributed by atoms with van der Waals surface area (Å²) in [6.07, 6.45) is 1.83. The van der Waals surface area contributed by atoms with Crippen LogP contribution in [0.1, 0.15) is 12.0 Å². The Labute approximate surface area is 148 Å². The highest BCUT2D eigenvalue weighted by atomic mass is 35.5. The molecule has 3 aromatic rings. The van der Waals surface area contributed by atoms with Crippen LogP contribution < -0.4 is 10.1 Å². The van der Waals surface area contributed by atoms with Gasteiger partial charge in [0.25, 0.3) is 0 Å². The lowest BCUT2D eigenvalue weighted by Crippen LogP contribution is -2.05. The summed E-state index contributed by atoms with van der Waals surface area (Å²) in [5.41, 5.74) is 2.49. The summed E-state index contributed by atoms with van der Waals surface area (Å²) in [4.78, 5) is 0. The number of para-hydroxylation sites is 1. The Hall–Kier alpha value is -2.19. The van der Waals surface area contributed by atoms with Crippen molar-refractivity contribution < 1.29 is 4.74 Å². The van der Waals surface area contributed by atoms with Gasteiger partial charge in [0.05, 0.1) is 6.61 Å². The predicted octanol–water partition coefficient (Wildman–Crippen LogP) is 5.50. The van der Waals surface area contributed by atoms with Crippen molar-refractivity contribution in [2.75, 3.05) is 24.3 Å². The zero-order valence-electron chi connectivity index (χ0n) is 13.7. The lowest BCUT2D eigenvalue weighted by molar-refractivity contribution is 0.319. The first-order valence-electron chi connectivity index (χ1n) is 8.36. The molecule has 0 heterocycles. The molecule has 0 bridgehead atoms. The van der Waals surface area contributed by atoms with Crippen molar-refractivity contribution in [2.45, 2.75) is 12.8 Å². The van der Waals surface area contributed by atoms with E-state index >= 15 is 0 Å². The van der Waals surface area contributed by atoms with Gasteiger partial charge in [-0.25, -0.2) is 0 Å². The molecule has 3 heteroatoms. The number of rotatable bonds is 8. The first-order valence-corrected chi connectivity index (χ1v) is 8.89. The average molecular weight is 340 g/mol. The van der Waals surface area contributed by atoms with Crippen LogP contribution in [0.4, 0.5) is 5.69 Å². The predicted molar refractivity (Wildman–Crippen MR) is 103 cm³/mol. The highest BCUT2D eigenvalue weighted by molar-refractivity contribution is 6.17. The van der Waals surface area contributed by atoms with Gasteiger partial charge < -0.3 is 10.1 Å². The molecule has 0 unspecified atom stereocenters. The fourth-order valence-corrected chi connectivity index (χ4v) is 2.88. The van der Waals surface area contributed by atoms with E-state index in [1.54, 1.807) is 0 Å². The van der Waals surface area contributed by atoms with E-state index in [0.29, 0.717) is 12.5 Å². The third-order valence-corrected chi connectivity index (χ3v) is 4.26. The first kappa shape index (κ1) is 16.7. The third kappa shape index (κ3) is 4.42. The smallest absolute Gasteiger partial charge is 0.119 e. The van der Waals surface area contributed by atoms with Crippen molar-refractivity contribution >= 4 is 28.1 Å². The number of hydrogen-bond acceptors (Lipinski definition) is 2. The molecule has 0 aliphatic carbocycles. The van der Waals surface area contributed by atoms with Crippen molar-refractivity contribution in [2.24, 2.45) is 0 Å². The summed E-state index contributed by atoms with van der Waals surface area (Å²) in [6.45, 7) is 1.56. The minimum absolute atomic E-state index is 0.629. The standard InChI is InChI=1S/C21H22ClNO/c22-13-5-15-24-20-11-10-17-6-4-7-18(21(17)16-20)12-14-23-19-8-2-1-3-9-19/h1-4,6-11,16,23H,5,12-15H2. The molecule has 0 saturated carbocycles. The van der Waals surface area contributed by atoms with Crippen LogP contribution in [0, 0.1) is 0 Å². The van der Waals surface area contributed by atoms with Crippen molar-refractivity contribution in [3.05, 3.63) is 72.3 Å². The number of anilines is 1. The Morgan fingerprint density at radius 3 is 2.62 bits per heavy atom. The fourth-order valence-electron chi connectivity index (χ4n) is 2.77. The van der Waals surface area contributed by atoms with E-state index in [-0.39, 0.29) is 0 Å². The summed E-state index contributed by atoms with van der Waals surface area (Å²) in [6, 6.07) is 23.1. The van der Waals surface area contributed by atoms with E-state index in [2.05, 4.69) is 47.8 Å². The molecule has 3 aromatic carbocycles. The van der Waals surface area contributed by atoms with Crippen LogP contribution in [0.15, 0.2) is 66.7 Å². The van der Waals surface area contributed by atoms with Gasteiger partial charge in [0.2, 0.25) is 0 Å². The second-order valence-corrected chi connectivity index (χ2v) is 6.11. The maximum absolute atomic E-state index is 5.78. The Bertz CT molecular complexity index is 773. The molecule has 0 aromatic heterocycles. The molecule has 2 nitrogen and oxygen atoms in total. The van der Waals surface area contributed by atoms with Gasteiger partial charge in [-0.05, 0) is 53.4 Å². The second kappa shape index (κ2) is 8.60. The van der Waals surface area contributed by atoms with Gasteiger partial charge in [0, 0.05) is 18.1 Å². The number of halogens is 1. The number of alkyl halides is 1. The van der Waals surface area contributed by atoms with E-state index in [0.717, 1.165) is 30.8 Å². The average Bonchev–Trinajstić information content (AvgIpc) is 2.63. The Kier molecular flexibility index (Phi) is 5.97. The number of benzene rings is 3. The lowest BCUT2D eigenvalue weighted by atomic mass is 10.0. The zero-order valence-corrected chi connectivity index (χ0v) is 14.4. The monoisotopic (exact) mass is 339 g/mol. The van der Waals surface area contributed by atoms with Crippen LogP contribution in [-0.2, 0) is 6.42 Å².